The average molecular weight is 851 g/mol. The van der Waals surface area contributed by atoms with Crippen molar-refractivity contribution in [1.82, 2.24) is 4.98 Å². The quantitative estimate of drug-likeness (QED) is 0.126. The van der Waals surface area contributed by atoms with Gasteiger partial charge in [0.15, 0.2) is 5.78 Å². The molecule has 1 aromatic heterocycles. The van der Waals surface area contributed by atoms with Crippen molar-refractivity contribution in [2.45, 2.75) is 113 Å². The number of hydrogen-bond donors (Lipinski definition) is 1. The number of hydrogen-bond acceptors (Lipinski definition) is 3. The standard InChI is InChI=1S/C35H42N.C7H9F3O2.Ir/c1-22-14-23(2)32-28(26-19-34(6,7)21-35(8,9)20-26)18-30(36-31(32)15-22)25-16-24-12-10-11-13-27(24)29(17-25)33(3,4)5;1-4(2)5(11)3-6(12)7(8,9)10;/h10-15,17-18,26H,19-21H2,1-9H3;3-4,12H,1-2H3;/q-1;;/b;6-3-;. The van der Waals surface area contributed by atoms with Gasteiger partial charge in [-0.15, -0.1) is 29.1 Å². The number of carbonyl (C=O) groups is 1. The number of aliphatic hydroxyl groups excluding tert-OH is 1. The molecule has 267 valence electrons. The number of halogens is 3. The van der Waals surface area contributed by atoms with Crippen LogP contribution in [0.15, 0.2) is 60.4 Å². The Morgan fingerprint density at radius 3 is 2.12 bits per heavy atom. The smallest absolute Gasteiger partial charge is 0.448 e. The van der Waals surface area contributed by atoms with Gasteiger partial charge in [-0.1, -0.05) is 104 Å². The molecule has 3 nitrogen and oxygen atoms in total. The molecule has 0 unspecified atom stereocenters. The molecule has 0 saturated heterocycles. The maximum atomic E-state index is 11.6. The zero-order valence-corrected chi connectivity index (χ0v) is 33.1. The van der Waals surface area contributed by atoms with Crippen LogP contribution in [-0.2, 0) is 30.3 Å². The Bertz CT molecular complexity index is 1850. The number of alkyl halides is 3. The van der Waals surface area contributed by atoms with Gasteiger partial charge in [-0.25, -0.2) is 0 Å². The Morgan fingerprint density at radius 2 is 1.57 bits per heavy atom. The van der Waals surface area contributed by atoms with Crippen LogP contribution in [-0.4, -0.2) is 22.1 Å². The summed E-state index contributed by atoms with van der Waals surface area (Å²) in [5.41, 5.74) is 9.44. The third-order valence-corrected chi connectivity index (χ3v) is 9.27. The Kier molecular flexibility index (Phi) is 12.1. The summed E-state index contributed by atoms with van der Waals surface area (Å²) in [6.07, 6.45) is -0.916. The van der Waals surface area contributed by atoms with Crippen LogP contribution in [0.5, 0.6) is 0 Å². The second-order valence-corrected chi connectivity index (χ2v) is 16.7. The van der Waals surface area contributed by atoms with Crippen molar-refractivity contribution < 1.29 is 43.2 Å². The fraction of sp³-hybridized carbons (Fsp3) is 0.476. The number of fused-ring (bicyclic) bond motifs is 2. The van der Waals surface area contributed by atoms with Crippen LogP contribution in [0.3, 0.4) is 0 Å². The number of carbonyl (C=O) groups excluding carboxylic acids is 1. The molecule has 5 rings (SSSR count). The molecular formula is C42H51F3IrNO2-. The fourth-order valence-corrected chi connectivity index (χ4v) is 7.69. The monoisotopic (exact) mass is 851 g/mol. The van der Waals surface area contributed by atoms with Crippen molar-refractivity contribution in [2.24, 2.45) is 16.7 Å². The van der Waals surface area contributed by atoms with E-state index in [1.54, 1.807) is 0 Å². The molecule has 7 heteroatoms. The molecule has 0 bridgehead atoms. The van der Waals surface area contributed by atoms with Gasteiger partial charge in [0.1, 0.15) is 0 Å². The summed E-state index contributed by atoms with van der Waals surface area (Å²) in [7, 11) is 0. The van der Waals surface area contributed by atoms with E-state index in [0.717, 1.165) is 16.8 Å². The second-order valence-electron chi connectivity index (χ2n) is 16.7. The van der Waals surface area contributed by atoms with Gasteiger partial charge in [-0.2, -0.15) is 13.2 Å². The summed E-state index contributed by atoms with van der Waals surface area (Å²) in [4.78, 5) is 16.0. The zero-order valence-electron chi connectivity index (χ0n) is 30.7. The van der Waals surface area contributed by atoms with Gasteiger partial charge in [-0.05, 0) is 78.0 Å². The minimum absolute atomic E-state index is 0. The summed E-state index contributed by atoms with van der Waals surface area (Å²) in [5, 5.41) is 12.1. The molecule has 1 aliphatic carbocycles. The molecule has 1 N–H and O–H groups in total. The van der Waals surface area contributed by atoms with Crippen molar-refractivity contribution in [3.63, 3.8) is 0 Å². The first-order chi connectivity index (χ1) is 22.0. The number of aryl methyl sites for hydroxylation is 2. The zero-order chi connectivity index (χ0) is 36.0. The first kappa shape index (κ1) is 40.4. The predicted molar refractivity (Wildman–Crippen MR) is 192 cm³/mol. The predicted octanol–water partition coefficient (Wildman–Crippen LogP) is 12.3. The number of aromatic nitrogens is 1. The molecule has 1 radical (unpaired) electrons. The molecule has 1 heterocycles. The van der Waals surface area contributed by atoms with Crippen LogP contribution in [0.2, 0.25) is 0 Å². The topological polar surface area (TPSA) is 50.2 Å². The summed E-state index contributed by atoms with van der Waals surface area (Å²) in [5.74, 6) is -2.61. The first-order valence-corrected chi connectivity index (χ1v) is 16.9. The molecule has 0 aliphatic heterocycles. The van der Waals surface area contributed by atoms with Gasteiger partial charge in [0.25, 0.3) is 0 Å². The van der Waals surface area contributed by atoms with Crippen LogP contribution >= 0.6 is 0 Å². The molecule has 1 saturated carbocycles. The summed E-state index contributed by atoms with van der Waals surface area (Å²) in [6, 6.07) is 21.8. The van der Waals surface area contributed by atoms with E-state index in [1.807, 2.05) is 0 Å². The van der Waals surface area contributed by atoms with Crippen LogP contribution in [0.25, 0.3) is 32.9 Å². The minimum Gasteiger partial charge on any atom is -0.504 e. The largest absolute Gasteiger partial charge is 0.504 e. The van der Waals surface area contributed by atoms with Crippen LogP contribution in [0.1, 0.15) is 110 Å². The van der Waals surface area contributed by atoms with Gasteiger partial charge >= 0.3 is 6.18 Å². The van der Waals surface area contributed by atoms with E-state index < -0.39 is 23.6 Å². The Balaban J connectivity index is 0.000000430. The van der Waals surface area contributed by atoms with E-state index in [4.69, 9.17) is 10.1 Å². The van der Waals surface area contributed by atoms with E-state index in [0.29, 0.717) is 16.7 Å². The number of aliphatic hydroxyl groups is 1. The van der Waals surface area contributed by atoms with E-state index in [9.17, 15) is 18.0 Å². The molecule has 3 aromatic carbocycles. The van der Waals surface area contributed by atoms with Gasteiger partial charge in [-0.3, -0.25) is 9.78 Å². The van der Waals surface area contributed by atoms with Crippen molar-refractivity contribution >= 4 is 27.5 Å². The van der Waals surface area contributed by atoms with E-state index in [-0.39, 0.29) is 31.6 Å². The Labute approximate surface area is 304 Å². The maximum Gasteiger partial charge on any atom is 0.448 e. The van der Waals surface area contributed by atoms with Crippen LogP contribution < -0.4 is 0 Å². The third kappa shape index (κ3) is 9.82. The van der Waals surface area contributed by atoms with E-state index >= 15 is 0 Å². The Hall–Kier alpha value is -3.02. The number of nitrogens with zero attached hydrogens (tertiary/aromatic N) is 1. The number of benzene rings is 3. The van der Waals surface area contributed by atoms with Crippen LogP contribution in [0, 0.1) is 36.7 Å². The van der Waals surface area contributed by atoms with Crippen molar-refractivity contribution in [2.75, 3.05) is 0 Å². The fourth-order valence-electron chi connectivity index (χ4n) is 7.69. The van der Waals surface area contributed by atoms with Gasteiger partial charge in [0.2, 0.25) is 5.76 Å². The van der Waals surface area contributed by atoms with Gasteiger partial charge in [0, 0.05) is 43.2 Å². The molecule has 0 spiro atoms. The summed E-state index contributed by atoms with van der Waals surface area (Å²) in [6.45, 7) is 24.1. The summed E-state index contributed by atoms with van der Waals surface area (Å²) >= 11 is 0. The van der Waals surface area contributed by atoms with Crippen molar-refractivity contribution in [3.05, 3.63) is 88.7 Å². The third-order valence-electron chi connectivity index (χ3n) is 9.27. The SMILES string of the molecule is CC(C)C(=O)/C=C(\O)C(F)(F)F.Cc1cc(C)c2c(C3CC(C)(C)CC(C)(C)C3)cc(-c3[c-]c4ccccc4c(C(C)(C)C)c3)nc2c1.[Ir]. The number of allylic oxidation sites excluding steroid dienone is 2. The van der Waals surface area contributed by atoms with Crippen molar-refractivity contribution in [3.8, 4) is 11.3 Å². The molecule has 1 aliphatic rings. The van der Waals surface area contributed by atoms with Crippen LogP contribution in [0.4, 0.5) is 13.2 Å². The molecule has 0 amide bonds. The second kappa shape index (κ2) is 14.7. The molecule has 0 atom stereocenters. The molecule has 4 aromatic rings. The average Bonchev–Trinajstić information content (AvgIpc) is 2.93. The number of rotatable bonds is 4. The number of ketones is 1. The summed E-state index contributed by atoms with van der Waals surface area (Å²) < 4.78 is 34.8. The minimum atomic E-state index is -4.83. The maximum absolute atomic E-state index is 11.6. The van der Waals surface area contributed by atoms with E-state index in [2.05, 4.69) is 117 Å². The number of pyridine rings is 1. The molecular weight excluding hydrogens is 800 g/mol. The first-order valence-electron chi connectivity index (χ1n) is 16.9. The van der Waals surface area contributed by atoms with E-state index in [1.165, 1.54) is 71.5 Å². The van der Waals surface area contributed by atoms with Gasteiger partial charge in [0.05, 0.1) is 5.52 Å². The molecule has 49 heavy (non-hydrogen) atoms. The van der Waals surface area contributed by atoms with Gasteiger partial charge < -0.3 is 5.11 Å². The Morgan fingerprint density at radius 1 is 0.980 bits per heavy atom. The van der Waals surface area contributed by atoms with Crippen molar-refractivity contribution in [1.29, 1.82) is 0 Å². The normalized spacial score (nSPS) is 16.7. The molecule has 1 fully saturated rings.